The van der Waals surface area contributed by atoms with Gasteiger partial charge in [-0.1, -0.05) is 0 Å². The van der Waals surface area contributed by atoms with E-state index >= 15 is 0 Å². The molecule has 0 radical (unpaired) electrons. The zero-order chi connectivity index (χ0) is 19.8. The van der Waals surface area contributed by atoms with Crippen LogP contribution in [0, 0.1) is 0 Å². The van der Waals surface area contributed by atoms with Crippen molar-refractivity contribution >= 4 is 53.8 Å². The van der Waals surface area contributed by atoms with Gasteiger partial charge in [-0.25, -0.2) is 23.4 Å². The lowest BCUT2D eigenvalue weighted by Gasteiger charge is -2.22. The largest absolute Gasteiger partial charge is 0.381 e. The van der Waals surface area contributed by atoms with Crippen LogP contribution in [-0.2, 0) is 14.6 Å². The summed E-state index contributed by atoms with van der Waals surface area (Å²) in [6.45, 7) is 0.957. The quantitative estimate of drug-likeness (QED) is 0.528. The minimum Gasteiger partial charge on any atom is -0.381 e. The van der Waals surface area contributed by atoms with Crippen LogP contribution in [0.4, 0.5) is 11.5 Å². The Morgan fingerprint density at radius 1 is 1.00 bits per heavy atom. The van der Waals surface area contributed by atoms with Gasteiger partial charge in [-0.2, -0.15) is 0 Å². The van der Waals surface area contributed by atoms with E-state index in [1.54, 1.807) is 29.5 Å². The van der Waals surface area contributed by atoms with Crippen molar-refractivity contribution in [2.45, 2.75) is 23.0 Å². The first-order valence-electron chi connectivity index (χ1n) is 9.28. The maximum absolute atomic E-state index is 13.1. The van der Waals surface area contributed by atoms with Crippen LogP contribution in [0.25, 0.3) is 21.1 Å². The molecule has 7 nitrogen and oxygen atoms in total. The first-order chi connectivity index (χ1) is 14.1. The maximum atomic E-state index is 13.1. The number of nitrogens with one attached hydrogen (secondary N) is 1. The molecule has 1 fully saturated rings. The molecule has 5 rings (SSSR count). The van der Waals surface area contributed by atoms with E-state index in [1.165, 1.54) is 6.33 Å². The van der Waals surface area contributed by atoms with Crippen LogP contribution in [-0.4, -0.2) is 41.8 Å². The maximum Gasteiger partial charge on any atom is 0.181 e. The zero-order valence-electron chi connectivity index (χ0n) is 15.4. The predicted octanol–water partition coefficient (Wildman–Crippen LogP) is 3.94. The van der Waals surface area contributed by atoms with Crippen molar-refractivity contribution < 1.29 is 13.2 Å². The summed E-state index contributed by atoms with van der Waals surface area (Å²) < 4.78 is 32.6. The van der Waals surface area contributed by atoms with Gasteiger partial charge in [0.05, 0.1) is 31.4 Å². The Bertz CT molecular complexity index is 1300. The van der Waals surface area contributed by atoms with Crippen molar-refractivity contribution in [3.05, 3.63) is 48.2 Å². The summed E-state index contributed by atoms with van der Waals surface area (Å²) in [5, 5.41) is 3.54. The van der Waals surface area contributed by atoms with Crippen molar-refractivity contribution in [3.8, 4) is 0 Å². The van der Waals surface area contributed by atoms with Crippen molar-refractivity contribution in [1.82, 2.24) is 15.0 Å². The fourth-order valence-electron chi connectivity index (χ4n) is 3.56. The predicted molar refractivity (Wildman–Crippen MR) is 113 cm³/mol. The van der Waals surface area contributed by atoms with E-state index in [0.29, 0.717) is 47.7 Å². The van der Waals surface area contributed by atoms with Gasteiger partial charge in [0.15, 0.2) is 9.84 Å². The number of sulfone groups is 1. The van der Waals surface area contributed by atoms with Gasteiger partial charge in [0.25, 0.3) is 0 Å². The standard InChI is InChI=1S/C20H18N4O3S2/c25-29(26,14-5-7-27-8-6-14)15-2-3-17-16(10-15)20(22-11-21-17)24-13-1-4-19-18(9-13)23-12-28-19/h1-4,9-12,14H,5-8H2,(H,21,22,24). The van der Waals surface area contributed by atoms with Gasteiger partial charge < -0.3 is 10.1 Å². The second-order valence-corrected chi connectivity index (χ2v) is 10.0. The smallest absolute Gasteiger partial charge is 0.181 e. The van der Waals surface area contributed by atoms with Gasteiger partial charge in [-0.05, 0) is 49.2 Å². The van der Waals surface area contributed by atoms with E-state index in [4.69, 9.17) is 4.74 Å². The summed E-state index contributed by atoms with van der Waals surface area (Å²) >= 11 is 1.58. The lowest BCUT2D eigenvalue weighted by atomic mass is 10.2. The molecule has 148 valence electrons. The molecule has 0 amide bonds. The van der Waals surface area contributed by atoms with Gasteiger partial charge in [-0.3, -0.25) is 0 Å². The number of ether oxygens (including phenoxy) is 1. The molecule has 0 atom stereocenters. The molecule has 2 aromatic heterocycles. The Morgan fingerprint density at radius 3 is 2.72 bits per heavy atom. The highest BCUT2D eigenvalue weighted by Crippen LogP contribution is 2.30. The first-order valence-corrected chi connectivity index (χ1v) is 11.7. The van der Waals surface area contributed by atoms with Gasteiger partial charge in [0.2, 0.25) is 0 Å². The van der Waals surface area contributed by atoms with E-state index in [9.17, 15) is 8.42 Å². The molecule has 0 unspecified atom stereocenters. The highest BCUT2D eigenvalue weighted by Gasteiger charge is 2.29. The number of rotatable bonds is 4. The number of hydrogen-bond acceptors (Lipinski definition) is 8. The van der Waals surface area contributed by atoms with Crippen molar-refractivity contribution in [2.75, 3.05) is 18.5 Å². The summed E-state index contributed by atoms with van der Waals surface area (Å²) in [6, 6.07) is 10.9. The molecule has 29 heavy (non-hydrogen) atoms. The van der Waals surface area contributed by atoms with Crippen LogP contribution >= 0.6 is 11.3 Å². The second kappa shape index (κ2) is 7.33. The lowest BCUT2D eigenvalue weighted by molar-refractivity contribution is 0.0983. The Hall–Kier alpha value is -2.62. The van der Waals surface area contributed by atoms with Gasteiger partial charge in [0.1, 0.15) is 12.1 Å². The second-order valence-electron chi connectivity index (χ2n) is 6.92. The SMILES string of the molecule is O=S(=O)(c1ccc2ncnc(Nc3ccc4scnc4c3)c2c1)C1CCOCC1. The van der Waals surface area contributed by atoms with Crippen molar-refractivity contribution in [1.29, 1.82) is 0 Å². The molecule has 0 bridgehead atoms. The monoisotopic (exact) mass is 426 g/mol. The fourth-order valence-corrected chi connectivity index (χ4v) is 5.96. The van der Waals surface area contributed by atoms with Crippen molar-refractivity contribution in [3.63, 3.8) is 0 Å². The third-order valence-corrected chi connectivity index (χ3v) is 8.21. The van der Waals surface area contributed by atoms with Crippen LogP contribution < -0.4 is 5.32 Å². The minimum atomic E-state index is -3.44. The number of thiazole rings is 1. The number of benzene rings is 2. The Balaban J connectivity index is 1.54. The molecule has 1 N–H and O–H groups in total. The molecule has 4 aromatic rings. The number of aromatic nitrogens is 3. The van der Waals surface area contributed by atoms with Crippen LogP contribution in [0.5, 0.6) is 0 Å². The van der Waals surface area contributed by atoms with Crippen molar-refractivity contribution in [2.24, 2.45) is 0 Å². The Morgan fingerprint density at radius 2 is 1.86 bits per heavy atom. The van der Waals surface area contributed by atoms with Crippen LogP contribution in [0.15, 0.2) is 53.1 Å². The number of hydrogen-bond donors (Lipinski definition) is 1. The van der Waals surface area contributed by atoms with Crippen LogP contribution in [0.2, 0.25) is 0 Å². The molecule has 1 aliphatic rings. The molecule has 0 saturated carbocycles. The van der Waals surface area contributed by atoms with Crippen LogP contribution in [0.3, 0.4) is 0 Å². The molecule has 2 aromatic carbocycles. The average Bonchev–Trinajstić information content (AvgIpc) is 3.22. The molecule has 3 heterocycles. The molecule has 1 aliphatic heterocycles. The highest BCUT2D eigenvalue weighted by molar-refractivity contribution is 7.92. The molecule has 0 aliphatic carbocycles. The molecule has 9 heteroatoms. The normalized spacial score (nSPS) is 15.7. The Kier molecular flexibility index (Phi) is 4.65. The molecular weight excluding hydrogens is 408 g/mol. The highest BCUT2D eigenvalue weighted by atomic mass is 32.2. The van der Waals surface area contributed by atoms with Gasteiger partial charge in [0, 0.05) is 24.3 Å². The topological polar surface area (TPSA) is 94.1 Å². The average molecular weight is 427 g/mol. The number of anilines is 2. The summed E-state index contributed by atoms with van der Waals surface area (Å²) in [4.78, 5) is 13.3. The molecule has 1 saturated heterocycles. The van der Waals surface area contributed by atoms with E-state index < -0.39 is 15.1 Å². The summed E-state index contributed by atoms with van der Waals surface area (Å²) in [5.74, 6) is 0.564. The van der Waals surface area contributed by atoms with Gasteiger partial charge in [-0.15, -0.1) is 11.3 Å². The number of nitrogens with zero attached hydrogens (tertiary/aromatic N) is 3. The fraction of sp³-hybridized carbons (Fsp3) is 0.250. The first kappa shape index (κ1) is 18.4. The third-order valence-electron chi connectivity index (χ3n) is 5.14. The molecular formula is C20H18N4O3S2. The van der Waals surface area contributed by atoms with E-state index in [1.807, 2.05) is 23.7 Å². The van der Waals surface area contributed by atoms with E-state index in [0.717, 1.165) is 15.9 Å². The Labute approximate surface area is 171 Å². The lowest BCUT2D eigenvalue weighted by Crippen LogP contribution is -2.28. The summed E-state index contributed by atoms with van der Waals surface area (Å²) in [5.41, 5.74) is 4.23. The summed E-state index contributed by atoms with van der Waals surface area (Å²) in [6.07, 6.45) is 2.51. The zero-order valence-corrected chi connectivity index (χ0v) is 17.0. The van der Waals surface area contributed by atoms with Crippen LogP contribution in [0.1, 0.15) is 12.8 Å². The minimum absolute atomic E-state index is 0.296. The van der Waals surface area contributed by atoms with E-state index in [2.05, 4.69) is 20.3 Å². The summed E-state index contributed by atoms with van der Waals surface area (Å²) in [7, 11) is -3.44. The van der Waals surface area contributed by atoms with Gasteiger partial charge >= 0.3 is 0 Å². The third kappa shape index (κ3) is 3.45. The number of fused-ring (bicyclic) bond motifs is 2. The molecule has 0 spiro atoms. The van der Waals surface area contributed by atoms with E-state index in [-0.39, 0.29) is 0 Å².